The van der Waals surface area contributed by atoms with Crippen molar-refractivity contribution >= 4 is 28.5 Å². The smallest absolute Gasteiger partial charge is 0.146 e. The zero-order valence-corrected chi connectivity index (χ0v) is 14.3. The Balaban J connectivity index is 2.45. The Morgan fingerprint density at radius 3 is 2.65 bits per heavy atom. The quantitative estimate of drug-likeness (QED) is 0.780. The summed E-state index contributed by atoms with van der Waals surface area (Å²) in [6.45, 7) is 6.27. The van der Waals surface area contributed by atoms with E-state index in [2.05, 4.69) is 28.4 Å². The minimum absolute atomic E-state index is 0.241. The molecule has 2 heterocycles. The molecule has 0 spiro atoms. The number of nitrogen functional groups attached to an aromatic ring is 1. The molecule has 2 aromatic heterocycles. The summed E-state index contributed by atoms with van der Waals surface area (Å²) in [7, 11) is 1.63. The molecule has 0 atom stereocenters. The number of nitrogens with two attached hydrogens (primary N) is 1. The molecule has 2 N–H and O–H groups in total. The van der Waals surface area contributed by atoms with Crippen LogP contribution < -0.4 is 10.5 Å². The molecule has 3 aromatic rings. The molecule has 0 aliphatic rings. The average molecular weight is 331 g/mol. The third-order valence-corrected chi connectivity index (χ3v) is 4.35. The molecule has 5 nitrogen and oxygen atoms in total. The number of fused-ring (bicyclic) bond motifs is 1. The highest BCUT2D eigenvalue weighted by molar-refractivity contribution is 6.34. The van der Waals surface area contributed by atoms with Crippen LogP contribution in [-0.4, -0.2) is 21.6 Å². The van der Waals surface area contributed by atoms with E-state index in [1.54, 1.807) is 7.11 Å². The molecule has 0 unspecified atom stereocenters. The van der Waals surface area contributed by atoms with Crippen molar-refractivity contribution in [3.8, 4) is 16.9 Å². The molecule has 23 heavy (non-hydrogen) atoms. The maximum Gasteiger partial charge on any atom is 0.146 e. The molecule has 0 saturated heterocycles. The number of methoxy groups -OCH3 is 1. The van der Waals surface area contributed by atoms with Crippen LogP contribution in [0, 0.1) is 6.92 Å². The molecule has 0 fully saturated rings. The summed E-state index contributed by atoms with van der Waals surface area (Å²) in [6, 6.07) is 5.82. The second-order valence-corrected chi connectivity index (χ2v) is 6.13. The maximum absolute atomic E-state index is 6.45. The summed E-state index contributed by atoms with van der Waals surface area (Å²) in [5.41, 5.74) is 9.85. The van der Waals surface area contributed by atoms with Crippen molar-refractivity contribution in [2.24, 2.45) is 0 Å². The molecule has 0 aliphatic heterocycles. The van der Waals surface area contributed by atoms with Gasteiger partial charge in [0.1, 0.15) is 23.5 Å². The van der Waals surface area contributed by atoms with Gasteiger partial charge in [0.2, 0.25) is 0 Å². The molecule has 6 heteroatoms. The van der Waals surface area contributed by atoms with Crippen molar-refractivity contribution in [3.05, 3.63) is 35.2 Å². The van der Waals surface area contributed by atoms with E-state index >= 15 is 0 Å². The largest absolute Gasteiger partial charge is 0.497 e. The van der Waals surface area contributed by atoms with Gasteiger partial charge in [-0.15, -0.1) is 0 Å². The van der Waals surface area contributed by atoms with E-state index in [4.69, 9.17) is 22.1 Å². The van der Waals surface area contributed by atoms with Gasteiger partial charge in [0.15, 0.2) is 0 Å². The summed E-state index contributed by atoms with van der Waals surface area (Å²) >= 11 is 6.45. The molecular weight excluding hydrogens is 312 g/mol. The topological polar surface area (TPSA) is 66.0 Å². The highest BCUT2D eigenvalue weighted by Gasteiger charge is 2.22. The fourth-order valence-corrected chi connectivity index (χ4v) is 3.27. The van der Waals surface area contributed by atoms with Crippen molar-refractivity contribution in [1.29, 1.82) is 0 Å². The van der Waals surface area contributed by atoms with Crippen molar-refractivity contribution in [2.75, 3.05) is 12.8 Å². The lowest BCUT2D eigenvalue weighted by Gasteiger charge is -2.12. The Hall–Kier alpha value is -2.27. The van der Waals surface area contributed by atoms with Crippen LogP contribution in [-0.2, 0) is 0 Å². The first-order valence-electron chi connectivity index (χ1n) is 7.40. The first-order valence-corrected chi connectivity index (χ1v) is 7.78. The van der Waals surface area contributed by atoms with Gasteiger partial charge in [-0.2, -0.15) is 0 Å². The average Bonchev–Trinajstić information content (AvgIpc) is 2.81. The normalized spacial score (nSPS) is 11.4. The van der Waals surface area contributed by atoms with Crippen LogP contribution in [0.5, 0.6) is 5.75 Å². The van der Waals surface area contributed by atoms with E-state index in [0.29, 0.717) is 10.8 Å². The molecule has 120 valence electrons. The summed E-state index contributed by atoms with van der Waals surface area (Å²) in [4.78, 5) is 8.60. The zero-order valence-electron chi connectivity index (χ0n) is 13.6. The van der Waals surface area contributed by atoms with Gasteiger partial charge in [0.05, 0.1) is 12.5 Å². The van der Waals surface area contributed by atoms with E-state index in [1.165, 1.54) is 6.33 Å². The first-order chi connectivity index (χ1) is 11.0. The number of benzene rings is 1. The van der Waals surface area contributed by atoms with Gasteiger partial charge in [-0.1, -0.05) is 11.6 Å². The van der Waals surface area contributed by atoms with Crippen LogP contribution in [0.2, 0.25) is 5.02 Å². The third-order valence-electron chi connectivity index (χ3n) is 4.02. The fourth-order valence-electron chi connectivity index (χ4n) is 3.06. The van der Waals surface area contributed by atoms with Gasteiger partial charge < -0.3 is 15.0 Å². The molecule has 1 aromatic carbocycles. The molecule has 0 amide bonds. The minimum atomic E-state index is 0.241. The number of anilines is 1. The van der Waals surface area contributed by atoms with Gasteiger partial charge >= 0.3 is 0 Å². The van der Waals surface area contributed by atoms with Crippen LogP contribution in [0.1, 0.15) is 25.6 Å². The van der Waals surface area contributed by atoms with Gasteiger partial charge in [-0.3, -0.25) is 0 Å². The van der Waals surface area contributed by atoms with Crippen LogP contribution >= 0.6 is 11.6 Å². The second-order valence-electron chi connectivity index (χ2n) is 5.73. The van der Waals surface area contributed by atoms with E-state index in [9.17, 15) is 0 Å². The minimum Gasteiger partial charge on any atom is -0.497 e. The molecule has 0 bridgehead atoms. The van der Waals surface area contributed by atoms with Crippen LogP contribution in [0.15, 0.2) is 24.5 Å². The highest BCUT2D eigenvalue weighted by Crippen LogP contribution is 2.41. The summed E-state index contributed by atoms with van der Waals surface area (Å²) in [5, 5.41) is 1.47. The number of ether oxygens (including phenoxy) is 1. The van der Waals surface area contributed by atoms with Gasteiger partial charge in [0.25, 0.3) is 0 Å². The van der Waals surface area contributed by atoms with Crippen LogP contribution in [0.3, 0.4) is 0 Å². The SMILES string of the molecule is COc1ccc(Cl)c(-c2c(C)n(C(C)C)c3ncnc(N)c23)c1. The van der Waals surface area contributed by atoms with Gasteiger partial charge in [-0.25, -0.2) is 9.97 Å². The van der Waals surface area contributed by atoms with Gasteiger partial charge in [-0.05, 0) is 39.0 Å². The van der Waals surface area contributed by atoms with E-state index in [-0.39, 0.29) is 6.04 Å². The summed E-state index contributed by atoms with van der Waals surface area (Å²) in [6.07, 6.45) is 1.49. The lowest BCUT2D eigenvalue weighted by atomic mass is 10.0. The standard InChI is InChI=1S/C17H19ClN4O/c1-9(2)22-10(3)14(15-16(19)20-8-21-17(15)22)12-7-11(23-4)5-6-13(12)18/h5-9H,1-4H3,(H2,19,20,21). The Kier molecular flexibility index (Phi) is 3.90. The van der Waals surface area contributed by atoms with Crippen LogP contribution in [0.4, 0.5) is 5.82 Å². The Labute approximate surface area is 140 Å². The first kappa shape index (κ1) is 15.6. The number of halogens is 1. The molecule has 0 radical (unpaired) electrons. The molecule has 0 aliphatic carbocycles. The Morgan fingerprint density at radius 2 is 2.00 bits per heavy atom. The number of nitrogens with zero attached hydrogens (tertiary/aromatic N) is 3. The lowest BCUT2D eigenvalue weighted by Crippen LogP contribution is -2.04. The lowest BCUT2D eigenvalue weighted by molar-refractivity contribution is 0.415. The van der Waals surface area contributed by atoms with E-state index < -0.39 is 0 Å². The highest BCUT2D eigenvalue weighted by atomic mass is 35.5. The maximum atomic E-state index is 6.45. The van der Waals surface area contributed by atoms with E-state index in [1.807, 2.05) is 25.1 Å². The van der Waals surface area contributed by atoms with Crippen molar-refractivity contribution in [1.82, 2.24) is 14.5 Å². The van der Waals surface area contributed by atoms with Crippen molar-refractivity contribution in [3.63, 3.8) is 0 Å². The molecule has 0 saturated carbocycles. The predicted octanol–water partition coefficient (Wildman–Crippen LogP) is 4.23. The second kappa shape index (κ2) is 5.74. The molecular formula is C17H19ClN4O. The monoisotopic (exact) mass is 330 g/mol. The van der Waals surface area contributed by atoms with Crippen molar-refractivity contribution in [2.45, 2.75) is 26.8 Å². The number of hydrogen-bond donors (Lipinski definition) is 1. The Morgan fingerprint density at radius 1 is 1.26 bits per heavy atom. The molecule has 3 rings (SSSR count). The van der Waals surface area contributed by atoms with Crippen LogP contribution in [0.25, 0.3) is 22.2 Å². The number of rotatable bonds is 3. The summed E-state index contributed by atoms with van der Waals surface area (Å²) < 4.78 is 7.49. The Bertz CT molecular complexity index is 886. The number of aromatic nitrogens is 3. The van der Waals surface area contributed by atoms with Crippen molar-refractivity contribution < 1.29 is 4.74 Å². The predicted molar refractivity (Wildman–Crippen MR) is 94.1 cm³/mol. The third kappa shape index (κ3) is 2.41. The zero-order chi connectivity index (χ0) is 16.7. The van der Waals surface area contributed by atoms with Gasteiger partial charge in [0, 0.05) is 27.9 Å². The summed E-state index contributed by atoms with van der Waals surface area (Å²) in [5.74, 6) is 1.19. The fraction of sp³-hybridized carbons (Fsp3) is 0.294. The van der Waals surface area contributed by atoms with E-state index in [0.717, 1.165) is 33.6 Å². The number of hydrogen-bond acceptors (Lipinski definition) is 4.